The van der Waals surface area contributed by atoms with Crippen molar-refractivity contribution in [3.63, 3.8) is 0 Å². The molecule has 0 aliphatic rings. The predicted molar refractivity (Wildman–Crippen MR) is 144 cm³/mol. The summed E-state index contributed by atoms with van der Waals surface area (Å²) < 4.78 is 2.77. The van der Waals surface area contributed by atoms with Crippen LogP contribution in [0.1, 0.15) is 83.1 Å². The SMILES string of the molecule is CN(C)c1cc[n+]([Si-]([Si](C)(C(C)(C)C)C(C)(C)C)[Si](C)(C(C)(C)C)C(C)(C)C)cc1. The smallest absolute Gasteiger partial charge is 0.124 e. The van der Waals surface area contributed by atoms with E-state index in [9.17, 15) is 0 Å². The lowest BCUT2D eigenvalue weighted by molar-refractivity contribution is -0.530. The van der Waals surface area contributed by atoms with Gasteiger partial charge in [0.2, 0.25) is 0 Å². The summed E-state index contributed by atoms with van der Waals surface area (Å²) in [6.07, 6.45) is 4.88. The first-order valence-electron chi connectivity index (χ1n) is 11.6. The fourth-order valence-corrected chi connectivity index (χ4v) is 53.4. The third-order valence-electron chi connectivity index (χ3n) is 8.53. The zero-order valence-corrected chi connectivity index (χ0v) is 26.2. The predicted octanol–water partition coefficient (Wildman–Crippen LogP) is 7.39. The molecule has 0 amide bonds. The van der Waals surface area contributed by atoms with Crippen molar-refractivity contribution in [2.75, 3.05) is 19.0 Å². The average Bonchev–Trinajstić information content (AvgIpc) is 2.50. The lowest BCUT2D eigenvalue weighted by atomic mass is 10.2. The van der Waals surface area contributed by atoms with Crippen LogP contribution in [-0.2, 0) is 0 Å². The van der Waals surface area contributed by atoms with Crippen LogP contribution in [0.5, 0.6) is 0 Å². The Bertz CT molecular complexity index is 645. The van der Waals surface area contributed by atoms with E-state index in [0.717, 1.165) is 0 Å². The van der Waals surface area contributed by atoms with Gasteiger partial charge in [-0.25, -0.2) is 0 Å². The van der Waals surface area contributed by atoms with Crippen LogP contribution in [0.15, 0.2) is 24.5 Å². The zero-order chi connectivity index (χ0) is 24.1. The number of hydrogen-bond donors (Lipinski definition) is 0. The molecule has 0 aliphatic carbocycles. The van der Waals surface area contributed by atoms with E-state index in [1.807, 2.05) is 0 Å². The maximum absolute atomic E-state index is 2.77. The van der Waals surface area contributed by atoms with E-state index in [4.69, 9.17) is 0 Å². The molecule has 174 valence electrons. The summed E-state index contributed by atoms with van der Waals surface area (Å²) in [5.74, 6) is 0. The summed E-state index contributed by atoms with van der Waals surface area (Å²) in [6.45, 7) is 36.1. The van der Waals surface area contributed by atoms with E-state index >= 15 is 0 Å². The molecule has 0 radical (unpaired) electrons. The minimum atomic E-state index is -1.81. The van der Waals surface area contributed by atoms with Crippen LogP contribution in [-0.4, -0.2) is 37.3 Å². The standard InChI is InChI=1S/C25H52N2Si3/c1-22(2,3)29(15,23(4,5)6)28(27-19-17-21(18-20-27)26(13)14)30(16,24(7,8)9)25(10,11)12/h17-20H,1-16H3. The molecular formula is C25H52N2Si3. The first kappa shape index (κ1) is 27.6. The molecule has 0 unspecified atom stereocenters. The van der Waals surface area contributed by atoms with Crippen molar-refractivity contribution < 1.29 is 4.23 Å². The molecule has 1 rings (SSSR count). The van der Waals surface area contributed by atoms with Gasteiger partial charge in [0, 0.05) is 39.9 Å². The summed E-state index contributed by atoms with van der Waals surface area (Å²) in [5.41, 5.74) is 1.29. The Balaban J connectivity index is 4.12. The van der Waals surface area contributed by atoms with Gasteiger partial charge in [0.15, 0.2) is 0 Å². The van der Waals surface area contributed by atoms with Crippen LogP contribution in [0, 0.1) is 0 Å². The van der Waals surface area contributed by atoms with E-state index < -0.39 is 23.2 Å². The number of hydrogen-bond acceptors (Lipinski definition) is 1. The second-order valence-electron chi connectivity index (χ2n) is 14.0. The van der Waals surface area contributed by atoms with Gasteiger partial charge in [0.25, 0.3) is 0 Å². The maximum atomic E-state index is 2.77. The average molecular weight is 465 g/mol. The van der Waals surface area contributed by atoms with Crippen molar-refractivity contribution in [3.05, 3.63) is 24.5 Å². The van der Waals surface area contributed by atoms with E-state index in [1.54, 1.807) is 0 Å². The van der Waals surface area contributed by atoms with E-state index in [2.05, 4.69) is 144 Å². The van der Waals surface area contributed by atoms with Crippen molar-refractivity contribution in [1.82, 2.24) is 0 Å². The number of pyridine rings is 1. The van der Waals surface area contributed by atoms with Gasteiger partial charge in [-0.3, -0.25) is 0 Å². The third kappa shape index (κ3) is 4.54. The number of anilines is 1. The van der Waals surface area contributed by atoms with Crippen LogP contribution in [0.4, 0.5) is 5.69 Å². The van der Waals surface area contributed by atoms with Gasteiger partial charge in [-0.2, -0.15) is 0 Å². The molecule has 0 spiro atoms. The largest absolute Gasteiger partial charge is 0.407 e. The summed E-state index contributed by atoms with van der Waals surface area (Å²) in [7, 11) is -0.237. The molecule has 1 aromatic heterocycles. The van der Waals surface area contributed by atoms with E-state index in [0.29, 0.717) is 20.2 Å². The highest BCUT2D eigenvalue weighted by Gasteiger charge is 2.61. The Kier molecular flexibility index (Phi) is 7.54. The first-order chi connectivity index (χ1) is 13.0. The maximum Gasteiger partial charge on any atom is 0.124 e. The van der Waals surface area contributed by atoms with Crippen LogP contribution in [0.25, 0.3) is 0 Å². The Morgan fingerprint density at radius 2 is 0.900 bits per heavy atom. The molecule has 2 nitrogen and oxygen atoms in total. The van der Waals surface area contributed by atoms with Gasteiger partial charge in [0.05, 0.1) is 0 Å². The monoisotopic (exact) mass is 464 g/mol. The molecule has 0 fully saturated rings. The molecule has 0 bridgehead atoms. The Labute approximate surface area is 192 Å². The second-order valence-corrected chi connectivity index (χ2v) is 36.0. The topological polar surface area (TPSA) is 7.12 Å². The molecule has 0 saturated heterocycles. The van der Waals surface area contributed by atoms with Crippen molar-refractivity contribution in [2.24, 2.45) is 0 Å². The van der Waals surface area contributed by atoms with Crippen molar-refractivity contribution >= 4 is 28.9 Å². The lowest BCUT2D eigenvalue weighted by Crippen LogP contribution is -2.86. The molecule has 1 aromatic rings. The number of nitrogens with zero attached hydrogens (tertiary/aromatic N) is 2. The summed E-state index contributed by atoms with van der Waals surface area (Å²) >= 11 is 0. The third-order valence-corrected chi connectivity index (χ3v) is 48.5. The summed E-state index contributed by atoms with van der Waals surface area (Å²) in [4.78, 5) is 2.21. The minimum absolute atomic E-state index is 0.331. The summed E-state index contributed by atoms with van der Waals surface area (Å²) in [6, 6.07) is 4.68. The molecule has 1 heterocycles. The normalized spacial score (nSPS) is 14.7. The molecular weight excluding hydrogens is 413 g/mol. The van der Waals surface area contributed by atoms with E-state index in [1.165, 1.54) is 5.69 Å². The fourth-order valence-electron chi connectivity index (χ4n) is 5.55. The van der Waals surface area contributed by atoms with Crippen molar-refractivity contribution in [3.8, 4) is 0 Å². The fraction of sp³-hybridized carbons (Fsp3) is 0.800. The van der Waals surface area contributed by atoms with Crippen molar-refractivity contribution in [2.45, 2.75) is 116 Å². The zero-order valence-electron chi connectivity index (χ0n) is 23.2. The van der Waals surface area contributed by atoms with Gasteiger partial charge < -0.3 is 9.13 Å². The summed E-state index contributed by atoms with van der Waals surface area (Å²) in [5, 5.41) is 1.32. The molecule has 0 atom stereocenters. The molecule has 5 heteroatoms. The molecule has 30 heavy (non-hydrogen) atoms. The van der Waals surface area contributed by atoms with Crippen LogP contribution in [0.2, 0.25) is 33.2 Å². The number of rotatable bonds is 4. The molecule has 0 aromatic carbocycles. The quantitative estimate of drug-likeness (QED) is 0.421. The highest BCUT2D eigenvalue weighted by molar-refractivity contribution is 7.60. The van der Waals surface area contributed by atoms with Gasteiger partial charge in [0.1, 0.15) is 12.4 Å². The Morgan fingerprint density at radius 1 is 0.633 bits per heavy atom. The van der Waals surface area contributed by atoms with Crippen LogP contribution in [0.3, 0.4) is 0 Å². The first-order valence-corrected chi connectivity index (χ1v) is 20.0. The second kappa shape index (κ2) is 8.18. The van der Waals surface area contributed by atoms with Crippen LogP contribution < -0.4 is 9.13 Å². The Morgan fingerprint density at radius 3 is 1.10 bits per heavy atom. The van der Waals surface area contributed by atoms with Gasteiger partial charge >= 0.3 is 0 Å². The highest BCUT2D eigenvalue weighted by Crippen LogP contribution is 2.59. The van der Waals surface area contributed by atoms with Gasteiger partial charge in [-0.15, -0.1) is 0 Å². The van der Waals surface area contributed by atoms with Gasteiger partial charge in [-0.05, 0) is 15.2 Å². The minimum Gasteiger partial charge on any atom is -0.407 e. The van der Waals surface area contributed by atoms with Crippen LogP contribution >= 0.6 is 0 Å². The molecule has 0 saturated carbocycles. The van der Waals surface area contributed by atoms with Crippen molar-refractivity contribution in [1.29, 1.82) is 0 Å². The number of aromatic nitrogens is 1. The molecule has 0 N–H and O–H groups in total. The van der Waals surface area contributed by atoms with Gasteiger partial charge in [-0.1, -0.05) is 116 Å². The molecule has 0 aliphatic heterocycles. The van der Waals surface area contributed by atoms with E-state index in [-0.39, 0.29) is 0 Å². The Hall–Kier alpha value is -0.399. The lowest BCUT2D eigenvalue weighted by Gasteiger charge is -2.68. The highest BCUT2D eigenvalue weighted by atomic mass is 29.6.